The number of hydrogen-bond acceptors (Lipinski definition) is 6. The zero-order valence-electron chi connectivity index (χ0n) is 19.8. The number of nitrogens with zero attached hydrogens (tertiary/aromatic N) is 1. The number of aryl methyl sites for hydroxylation is 1. The first-order valence-electron chi connectivity index (χ1n) is 10.6. The predicted molar refractivity (Wildman–Crippen MR) is 125 cm³/mol. The summed E-state index contributed by atoms with van der Waals surface area (Å²) >= 11 is 0. The number of halogens is 1. The SMILES string of the molecule is CC.Cc1ccc(Nc2cc(C#N)ccc2C(=O)NOCCNC(=O)OC(C)(C)C)c(F)c1. The number of amides is 2. The van der Waals surface area contributed by atoms with Crippen molar-refractivity contribution in [2.24, 2.45) is 0 Å². The maximum absolute atomic E-state index is 14.2. The number of hydroxylamine groups is 1. The number of carbonyl (C=O) groups is 2. The molecule has 0 aliphatic rings. The molecule has 9 heteroatoms. The second-order valence-electron chi connectivity index (χ2n) is 7.69. The summed E-state index contributed by atoms with van der Waals surface area (Å²) in [5.41, 5.74) is 3.26. The Hall–Kier alpha value is -3.64. The summed E-state index contributed by atoms with van der Waals surface area (Å²) in [6.45, 7) is 11.1. The molecule has 0 radical (unpaired) electrons. The lowest BCUT2D eigenvalue weighted by Crippen LogP contribution is -2.35. The number of ether oxygens (including phenoxy) is 1. The predicted octanol–water partition coefficient (Wildman–Crippen LogP) is 4.96. The van der Waals surface area contributed by atoms with Crippen molar-refractivity contribution in [1.82, 2.24) is 10.8 Å². The van der Waals surface area contributed by atoms with Crippen molar-refractivity contribution < 1.29 is 23.6 Å². The summed E-state index contributed by atoms with van der Waals surface area (Å²) in [5.74, 6) is -1.09. The van der Waals surface area contributed by atoms with Crippen LogP contribution in [0.15, 0.2) is 36.4 Å². The summed E-state index contributed by atoms with van der Waals surface area (Å²) in [4.78, 5) is 29.2. The zero-order chi connectivity index (χ0) is 25.0. The second-order valence-corrected chi connectivity index (χ2v) is 7.69. The van der Waals surface area contributed by atoms with Gasteiger partial charge in [0.1, 0.15) is 11.4 Å². The summed E-state index contributed by atoms with van der Waals surface area (Å²) in [7, 11) is 0. The van der Waals surface area contributed by atoms with Gasteiger partial charge in [0.05, 0.1) is 35.2 Å². The number of nitrogens with one attached hydrogen (secondary N) is 3. The Morgan fingerprint density at radius 1 is 1.09 bits per heavy atom. The summed E-state index contributed by atoms with van der Waals surface area (Å²) in [5, 5.41) is 14.5. The maximum Gasteiger partial charge on any atom is 0.407 e. The molecular weight excluding hydrogens is 427 g/mol. The van der Waals surface area contributed by atoms with Gasteiger partial charge in [0.2, 0.25) is 0 Å². The highest BCUT2D eigenvalue weighted by Crippen LogP contribution is 2.25. The van der Waals surface area contributed by atoms with Gasteiger partial charge in [-0.15, -0.1) is 0 Å². The van der Waals surface area contributed by atoms with Gasteiger partial charge in [-0.1, -0.05) is 19.9 Å². The van der Waals surface area contributed by atoms with Gasteiger partial charge in [0.15, 0.2) is 0 Å². The van der Waals surface area contributed by atoms with Gasteiger partial charge in [0, 0.05) is 6.54 Å². The van der Waals surface area contributed by atoms with Crippen LogP contribution < -0.4 is 16.1 Å². The molecule has 0 aliphatic carbocycles. The summed E-state index contributed by atoms with van der Waals surface area (Å²) < 4.78 is 19.3. The van der Waals surface area contributed by atoms with E-state index in [1.807, 2.05) is 19.9 Å². The number of benzene rings is 2. The Labute approximate surface area is 194 Å². The molecule has 0 saturated heterocycles. The van der Waals surface area contributed by atoms with Crippen molar-refractivity contribution >= 4 is 23.4 Å². The van der Waals surface area contributed by atoms with E-state index in [0.717, 1.165) is 5.56 Å². The van der Waals surface area contributed by atoms with E-state index in [1.165, 1.54) is 24.3 Å². The number of hydrogen-bond donors (Lipinski definition) is 3. The van der Waals surface area contributed by atoms with Gasteiger partial charge in [0.25, 0.3) is 5.91 Å². The molecule has 8 nitrogen and oxygen atoms in total. The third kappa shape index (κ3) is 9.58. The van der Waals surface area contributed by atoms with Crippen molar-refractivity contribution in [3.05, 3.63) is 58.9 Å². The van der Waals surface area contributed by atoms with Crippen molar-refractivity contribution in [2.75, 3.05) is 18.5 Å². The average molecular weight is 459 g/mol. The molecule has 2 amide bonds. The van der Waals surface area contributed by atoms with E-state index in [9.17, 15) is 14.0 Å². The number of rotatable bonds is 7. The van der Waals surface area contributed by atoms with Crippen molar-refractivity contribution in [3.63, 3.8) is 0 Å². The van der Waals surface area contributed by atoms with Gasteiger partial charge in [-0.3, -0.25) is 9.63 Å². The third-order valence-corrected chi connectivity index (χ3v) is 3.82. The first-order chi connectivity index (χ1) is 15.6. The van der Waals surface area contributed by atoms with Gasteiger partial charge in [-0.2, -0.15) is 5.26 Å². The lowest BCUT2D eigenvalue weighted by Gasteiger charge is -2.19. The molecular formula is C24H31FN4O4. The first kappa shape index (κ1) is 27.4. The summed E-state index contributed by atoms with van der Waals surface area (Å²) in [6.07, 6.45) is -0.596. The molecule has 0 atom stereocenters. The molecule has 33 heavy (non-hydrogen) atoms. The molecule has 0 bridgehead atoms. The normalized spacial score (nSPS) is 10.2. The Morgan fingerprint density at radius 3 is 2.39 bits per heavy atom. The lowest BCUT2D eigenvalue weighted by atomic mass is 10.1. The number of nitriles is 1. The topological polar surface area (TPSA) is 112 Å². The largest absolute Gasteiger partial charge is 0.444 e. The molecule has 2 aromatic rings. The molecule has 0 heterocycles. The first-order valence-corrected chi connectivity index (χ1v) is 10.6. The smallest absolute Gasteiger partial charge is 0.407 e. The molecule has 0 fully saturated rings. The zero-order valence-corrected chi connectivity index (χ0v) is 19.8. The monoisotopic (exact) mass is 458 g/mol. The molecule has 0 saturated carbocycles. The number of alkyl carbamates (subject to hydrolysis) is 1. The van der Waals surface area contributed by atoms with Crippen LogP contribution in [-0.4, -0.2) is 30.8 Å². The van der Waals surface area contributed by atoms with E-state index in [2.05, 4.69) is 16.1 Å². The van der Waals surface area contributed by atoms with Crippen molar-refractivity contribution in [3.8, 4) is 6.07 Å². The molecule has 0 spiro atoms. The molecule has 178 valence electrons. The van der Waals surface area contributed by atoms with Crippen LogP contribution in [0.4, 0.5) is 20.6 Å². The van der Waals surface area contributed by atoms with E-state index in [-0.39, 0.29) is 30.1 Å². The van der Waals surface area contributed by atoms with E-state index in [1.54, 1.807) is 39.8 Å². The van der Waals surface area contributed by atoms with E-state index < -0.39 is 23.4 Å². The van der Waals surface area contributed by atoms with Crippen LogP contribution in [0.3, 0.4) is 0 Å². The third-order valence-electron chi connectivity index (χ3n) is 3.82. The number of carbonyl (C=O) groups excluding carboxylic acids is 2. The minimum atomic E-state index is -0.616. The van der Waals surface area contributed by atoms with Crippen LogP contribution in [0, 0.1) is 24.1 Å². The second kappa shape index (κ2) is 13.0. The fourth-order valence-corrected chi connectivity index (χ4v) is 2.47. The van der Waals surface area contributed by atoms with Crippen molar-refractivity contribution in [1.29, 1.82) is 5.26 Å². The van der Waals surface area contributed by atoms with Gasteiger partial charge < -0.3 is 15.4 Å². The Bertz CT molecular complexity index is 997. The minimum absolute atomic E-state index is 0.00336. The van der Waals surface area contributed by atoms with E-state index >= 15 is 0 Å². The van der Waals surface area contributed by atoms with Crippen LogP contribution in [0.25, 0.3) is 0 Å². The van der Waals surface area contributed by atoms with E-state index in [0.29, 0.717) is 5.56 Å². The maximum atomic E-state index is 14.2. The van der Waals surface area contributed by atoms with Gasteiger partial charge in [-0.05, 0) is 63.6 Å². The average Bonchev–Trinajstić information content (AvgIpc) is 2.75. The van der Waals surface area contributed by atoms with Gasteiger partial charge >= 0.3 is 6.09 Å². The minimum Gasteiger partial charge on any atom is -0.444 e. The van der Waals surface area contributed by atoms with Crippen LogP contribution in [0.1, 0.15) is 56.1 Å². The fraction of sp³-hybridized carbons (Fsp3) is 0.375. The molecule has 2 aromatic carbocycles. The Kier molecular flexibility index (Phi) is 10.8. The fourth-order valence-electron chi connectivity index (χ4n) is 2.47. The molecule has 0 aliphatic heterocycles. The van der Waals surface area contributed by atoms with Crippen molar-refractivity contribution in [2.45, 2.75) is 47.1 Å². The standard InChI is InChI=1S/C22H25FN4O4.C2H6/c1-14-5-8-18(17(23)11-14)26-19-12-15(13-24)6-7-16(19)20(28)27-30-10-9-25-21(29)31-22(2,3)4;1-2/h5-8,11-12,26H,9-10H2,1-4H3,(H,25,29)(H,27,28);1-2H3. The van der Waals surface area contributed by atoms with Crippen LogP contribution in [-0.2, 0) is 9.57 Å². The summed E-state index contributed by atoms with van der Waals surface area (Å²) in [6, 6.07) is 11.0. The molecule has 0 aromatic heterocycles. The quantitative estimate of drug-likeness (QED) is 0.399. The lowest BCUT2D eigenvalue weighted by molar-refractivity contribution is 0.0284. The van der Waals surface area contributed by atoms with Gasteiger partial charge in [-0.25, -0.2) is 14.7 Å². The number of anilines is 2. The molecule has 0 unspecified atom stereocenters. The highest BCUT2D eigenvalue weighted by Gasteiger charge is 2.16. The Balaban J connectivity index is 0.00000265. The van der Waals surface area contributed by atoms with Crippen LogP contribution in [0.5, 0.6) is 0 Å². The Morgan fingerprint density at radius 2 is 1.79 bits per heavy atom. The highest BCUT2D eigenvalue weighted by atomic mass is 19.1. The van der Waals surface area contributed by atoms with Crippen LogP contribution >= 0.6 is 0 Å². The van der Waals surface area contributed by atoms with E-state index in [4.69, 9.17) is 14.8 Å². The molecule has 2 rings (SSSR count). The molecule has 3 N–H and O–H groups in total. The van der Waals surface area contributed by atoms with Crippen LogP contribution in [0.2, 0.25) is 0 Å². The highest BCUT2D eigenvalue weighted by molar-refractivity contribution is 6.00.